The van der Waals surface area contributed by atoms with Gasteiger partial charge in [0.05, 0.1) is 6.54 Å². The lowest BCUT2D eigenvalue weighted by Gasteiger charge is -2.35. The van der Waals surface area contributed by atoms with Crippen molar-refractivity contribution < 1.29 is 4.79 Å². The Bertz CT molecular complexity index is 713. The van der Waals surface area contributed by atoms with E-state index in [-0.39, 0.29) is 5.78 Å². The zero-order valence-corrected chi connectivity index (χ0v) is 14.9. The first-order valence-corrected chi connectivity index (χ1v) is 8.67. The van der Waals surface area contributed by atoms with Crippen molar-refractivity contribution >= 4 is 11.5 Å². The maximum Gasteiger partial charge on any atom is 0.177 e. The average Bonchev–Trinajstić information content (AvgIpc) is 2.58. The summed E-state index contributed by atoms with van der Waals surface area (Å²) in [6, 6.07) is 14.8. The van der Waals surface area contributed by atoms with Crippen LogP contribution < -0.4 is 4.90 Å². The molecule has 0 aliphatic carbocycles. The molecule has 126 valence electrons. The van der Waals surface area contributed by atoms with Crippen LogP contribution in [0.1, 0.15) is 27.0 Å². The van der Waals surface area contributed by atoms with Crippen LogP contribution in [-0.2, 0) is 0 Å². The molecule has 24 heavy (non-hydrogen) atoms. The van der Waals surface area contributed by atoms with E-state index in [1.807, 2.05) is 26.0 Å². The number of aryl methyl sites for hydroxylation is 3. The van der Waals surface area contributed by atoms with Crippen molar-refractivity contribution in [1.29, 1.82) is 0 Å². The molecule has 1 fully saturated rings. The smallest absolute Gasteiger partial charge is 0.177 e. The number of carbonyl (C=O) groups is 1. The van der Waals surface area contributed by atoms with Gasteiger partial charge >= 0.3 is 0 Å². The molecule has 0 amide bonds. The van der Waals surface area contributed by atoms with Crippen LogP contribution in [0.4, 0.5) is 5.69 Å². The maximum atomic E-state index is 12.6. The van der Waals surface area contributed by atoms with Crippen LogP contribution in [0.25, 0.3) is 0 Å². The molecule has 0 spiro atoms. The molecule has 3 rings (SSSR count). The molecular formula is C21H26N2O. The lowest BCUT2D eigenvalue weighted by Crippen LogP contribution is -2.48. The van der Waals surface area contributed by atoms with Gasteiger partial charge in [-0.05, 0) is 44.5 Å². The fraction of sp³-hybridized carbons (Fsp3) is 0.381. The summed E-state index contributed by atoms with van der Waals surface area (Å²) in [7, 11) is 0. The van der Waals surface area contributed by atoms with Crippen LogP contribution >= 0.6 is 0 Å². The number of piperazine rings is 1. The highest BCUT2D eigenvalue weighted by Crippen LogP contribution is 2.18. The number of carbonyl (C=O) groups excluding carboxylic acids is 1. The number of hydrogen-bond acceptors (Lipinski definition) is 3. The minimum Gasteiger partial charge on any atom is -0.369 e. The third-order valence-corrected chi connectivity index (χ3v) is 4.83. The van der Waals surface area contributed by atoms with E-state index < -0.39 is 0 Å². The Balaban J connectivity index is 1.58. The number of Topliss-reactive ketones (excluding diaryl/α,β-unsaturated/α-hetero) is 1. The molecule has 3 nitrogen and oxygen atoms in total. The van der Waals surface area contributed by atoms with Crippen molar-refractivity contribution in [2.75, 3.05) is 37.6 Å². The van der Waals surface area contributed by atoms with E-state index >= 15 is 0 Å². The molecule has 3 heteroatoms. The Labute approximate surface area is 144 Å². The lowest BCUT2D eigenvalue weighted by atomic mass is 10.0. The van der Waals surface area contributed by atoms with Gasteiger partial charge in [0, 0.05) is 37.4 Å². The predicted octanol–water partition coefficient (Wildman–Crippen LogP) is 3.62. The van der Waals surface area contributed by atoms with Crippen LogP contribution in [0.15, 0.2) is 42.5 Å². The molecule has 0 radical (unpaired) electrons. The van der Waals surface area contributed by atoms with Crippen molar-refractivity contribution in [1.82, 2.24) is 4.90 Å². The largest absolute Gasteiger partial charge is 0.369 e. The summed E-state index contributed by atoms with van der Waals surface area (Å²) in [5.74, 6) is 0.236. The molecule has 0 N–H and O–H groups in total. The van der Waals surface area contributed by atoms with E-state index in [2.05, 4.69) is 47.1 Å². The Morgan fingerprint density at radius 1 is 0.875 bits per heavy atom. The van der Waals surface area contributed by atoms with Gasteiger partial charge < -0.3 is 4.90 Å². The van der Waals surface area contributed by atoms with Gasteiger partial charge in [0.1, 0.15) is 0 Å². The van der Waals surface area contributed by atoms with Gasteiger partial charge in [-0.15, -0.1) is 0 Å². The van der Waals surface area contributed by atoms with Crippen LogP contribution in [0.2, 0.25) is 0 Å². The highest BCUT2D eigenvalue weighted by atomic mass is 16.1. The second-order valence-electron chi connectivity index (χ2n) is 6.84. The summed E-state index contributed by atoms with van der Waals surface area (Å²) in [6.45, 7) is 10.5. The predicted molar refractivity (Wildman–Crippen MR) is 100 cm³/mol. The number of nitrogens with zero attached hydrogens (tertiary/aromatic N) is 2. The number of rotatable bonds is 4. The van der Waals surface area contributed by atoms with E-state index in [1.165, 1.54) is 11.3 Å². The van der Waals surface area contributed by atoms with Gasteiger partial charge in [0.2, 0.25) is 0 Å². The lowest BCUT2D eigenvalue weighted by molar-refractivity contribution is 0.0925. The summed E-state index contributed by atoms with van der Waals surface area (Å²) < 4.78 is 0. The van der Waals surface area contributed by atoms with E-state index in [0.29, 0.717) is 6.54 Å². The number of ketones is 1. The molecule has 2 aromatic carbocycles. The summed E-state index contributed by atoms with van der Waals surface area (Å²) in [4.78, 5) is 17.3. The standard InChI is InChI=1S/C21H26N2O/c1-16-5-8-19(9-6-16)23-12-10-22(11-13-23)15-21(24)20-14-17(2)4-7-18(20)3/h4-9,14H,10-13,15H2,1-3H3. The Hall–Kier alpha value is -2.13. The first-order chi connectivity index (χ1) is 11.5. The monoisotopic (exact) mass is 322 g/mol. The Kier molecular flexibility index (Phi) is 5.00. The minimum atomic E-state index is 0.236. The fourth-order valence-corrected chi connectivity index (χ4v) is 3.24. The molecule has 0 bridgehead atoms. The molecule has 2 aromatic rings. The van der Waals surface area contributed by atoms with Crippen LogP contribution in [-0.4, -0.2) is 43.4 Å². The second-order valence-corrected chi connectivity index (χ2v) is 6.84. The first-order valence-electron chi connectivity index (χ1n) is 8.67. The maximum absolute atomic E-state index is 12.6. The van der Waals surface area contributed by atoms with Gasteiger partial charge in [-0.25, -0.2) is 0 Å². The molecule has 1 aliphatic heterocycles. The van der Waals surface area contributed by atoms with Gasteiger partial charge in [-0.1, -0.05) is 35.4 Å². The molecule has 1 saturated heterocycles. The SMILES string of the molecule is Cc1ccc(N2CCN(CC(=O)c3cc(C)ccc3C)CC2)cc1. The van der Waals surface area contributed by atoms with Gasteiger partial charge in [0.15, 0.2) is 5.78 Å². The summed E-state index contributed by atoms with van der Waals surface area (Å²) in [6.07, 6.45) is 0. The van der Waals surface area contributed by atoms with Crippen LogP contribution in [0, 0.1) is 20.8 Å². The molecular weight excluding hydrogens is 296 g/mol. The van der Waals surface area contributed by atoms with E-state index in [0.717, 1.165) is 42.9 Å². The second kappa shape index (κ2) is 7.18. The summed E-state index contributed by atoms with van der Waals surface area (Å²) >= 11 is 0. The van der Waals surface area contributed by atoms with Crippen LogP contribution in [0.3, 0.4) is 0 Å². The zero-order chi connectivity index (χ0) is 17.1. The van der Waals surface area contributed by atoms with Gasteiger partial charge in [-0.2, -0.15) is 0 Å². The summed E-state index contributed by atoms with van der Waals surface area (Å²) in [5, 5.41) is 0. The molecule has 1 aliphatic rings. The van der Waals surface area contributed by atoms with Crippen molar-refractivity contribution in [2.24, 2.45) is 0 Å². The van der Waals surface area contributed by atoms with Gasteiger partial charge in [-0.3, -0.25) is 9.69 Å². The van der Waals surface area contributed by atoms with Crippen LogP contribution in [0.5, 0.6) is 0 Å². The number of hydrogen-bond donors (Lipinski definition) is 0. The highest BCUT2D eigenvalue weighted by molar-refractivity contribution is 5.99. The Morgan fingerprint density at radius 3 is 2.17 bits per heavy atom. The summed E-state index contributed by atoms with van der Waals surface area (Å²) in [5.41, 5.74) is 5.66. The third-order valence-electron chi connectivity index (χ3n) is 4.83. The van der Waals surface area contributed by atoms with E-state index in [4.69, 9.17) is 0 Å². The van der Waals surface area contributed by atoms with Crippen molar-refractivity contribution in [3.63, 3.8) is 0 Å². The highest BCUT2D eigenvalue weighted by Gasteiger charge is 2.20. The van der Waals surface area contributed by atoms with Crippen molar-refractivity contribution in [2.45, 2.75) is 20.8 Å². The number of benzene rings is 2. The van der Waals surface area contributed by atoms with Crippen molar-refractivity contribution in [3.05, 3.63) is 64.7 Å². The normalized spacial score (nSPS) is 15.5. The Morgan fingerprint density at radius 2 is 1.50 bits per heavy atom. The molecule has 1 heterocycles. The topological polar surface area (TPSA) is 23.6 Å². The fourth-order valence-electron chi connectivity index (χ4n) is 3.24. The van der Waals surface area contributed by atoms with Crippen molar-refractivity contribution in [3.8, 4) is 0 Å². The molecule has 0 saturated carbocycles. The molecule has 0 aromatic heterocycles. The molecule has 0 atom stereocenters. The number of anilines is 1. The average molecular weight is 322 g/mol. The zero-order valence-electron chi connectivity index (χ0n) is 14.9. The minimum absolute atomic E-state index is 0.236. The van der Waals surface area contributed by atoms with E-state index in [1.54, 1.807) is 0 Å². The van der Waals surface area contributed by atoms with Gasteiger partial charge in [0.25, 0.3) is 0 Å². The quantitative estimate of drug-likeness (QED) is 0.803. The molecule has 0 unspecified atom stereocenters. The first kappa shape index (κ1) is 16.7. The third kappa shape index (κ3) is 3.85. The van der Waals surface area contributed by atoms with E-state index in [9.17, 15) is 4.79 Å².